The minimum Gasteiger partial charge on any atom is -0.463 e. The highest BCUT2D eigenvalue weighted by Crippen LogP contribution is 2.35. The zero-order chi connectivity index (χ0) is 31.8. The van der Waals surface area contributed by atoms with Crippen LogP contribution in [0, 0.1) is 5.82 Å². The molecular formula is C37H27ClFN3O3S. The van der Waals surface area contributed by atoms with E-state index in [2.05, 4.69) is 0 Å². The van der Waals surface area contributed by atoms with Gasteiger partial charge in [0.25, 0.3) is 5.56 Å². The molecule has 46 heavy (non-hydrogen) atoms. The summed E-state index contributed by atoms with van der Waals surface area (Å²) in [6, 6.07) is 30.3. The molecule has 0 radical (unpaired) electrons. The van der Waals surface area contributed by atoms with Gasteiger partial charge in [-0.15, -0.1) is 0 Å². The Morgan fingerprint density at radius 1 is 0.978 bits per heavy atom. The smallest absolute Gasteiger partial charge is 0.338 e. The molecule has 1 aliphatic rings. The molecule has 3 heterocycles. The molecule has 228 valence electrons. The van der Waals surface area contributed by atoms with E-state index in [0.717, 1.165) is 22.0 Å². The fourth-order valence-corrected chi connectivity index (χ4v) is 6.99. The average Bonchev–Trinajstić information content (AvgIpc) is 3.58. The fraction of sp³-hybridized carbons (Fsp3) is 0.108. The van der Waals surface area contributed by atoms with Crippen molar-refractivity contribution < 1.29 is 13.9 Å². The molecule has 0 saturated heterocycles. The minimum atomic E-state index is -0.799. The highest BCUT2D eigenvalue weighted by Gasteiger charge is 2.35. The van der Waals surface area contributed by atoms with Crippen LogP contribution >= 0.6 is 22.9 Å². The first-order valence-electron chi connectivity index (χ1n) is 14.8. The molecular weight excluding hydrogens is 621 g/mol. The van der Waals surface area contributed by atoms with Gasteiger partial charge < -0.3 is 9.30 Å². The Balaban J connectivity index is 1.45. The number of fused-ring (bicyclic) bond motifs is 2. The number of ether oxygens (including phenoxy) is 1. The lowest BCUT2D eigenvalue weighted by atomic mass is 9.93. The molecule has 0 saturated carbocycles. The number of thiazole rings is 1. The third-order valence-corrected chi connectivity index (χ3v) is 9.20. The van der Waals surface area contributed by atoms with Crippen LogP contribution in [0.5, 0.6) is 0 Å². The van der Waals surface area contributed by atoms with Crippen LogP contribution in [0.3, 0.4) is 0 Å². The molecule has 0 aliphatic carbocycles. The highest BCUT2D eigenvalue weighted by atomic mass is 35.5. The SMILES string of the molecule is CCOC(=O)C1=C(c2ccccc2)N=c2s/c(=C\c3cn(Cc4ccccc4F)c4ccccc34)c(=O)n2[C@H]1c1ccc(Cl)cc1. The maximum Gasteiger partial charge on any atom is 0.338 e. The molecule has 0 spiro atoms. The first kappa shape index (κ1) is 29.6. The molecule has 0 fully saturated rings. The summed E-state index contributed by atoms with van der Waals surface area (Å²) in [7, 11) is 0. The number of esters is 1. The molecule has 2 aromatic heterocycles. The maximum atomic E-state index is 14.6. The van der Waals surface area contributed by atoms with Crippen LogP contribution in [-0.4, -0.2) is 21.7 Å². The fourth-order valence-electron chi connectivity index (χ4n) is 5.87. The van der Waals surface area contributed by atoms with Crippen molar-refractivity contribution in [2.24, 2.45) is 4.99 Å². The van der Waals surface area contributed by atoms with Crippen molar-refractivity contribution in [3.63, 3.8) is 0 Å². The summed E-state index contributed by atoms with van der Waals surface area (Å²) in [6.45, 7) is 2.25. The lowest BCUT2D eigenvalue weighted by molar-refractivity contribution is -0.138. The molecule has 0 bridgehead atoms. The number of carbonyl (C=O) groups is 1. The maximum absolute atomic E-state index is 14.6. The number of hydrogen-bond acceptors (Lipinski definition) is 5. The number of aromatic nitrogens is 2. The van der Waals surface area contributed by atoms with Crippen molar-refractivity contribution in [1.29, 1.82) is 0 Å². The third-order valence-electron chi connectivity index (χ3n) is 7.96. The van der Waals surface area contributed by atoms with Crippen molar-refractivity contribution in [2.75, 3.05) is 6.61 Å². The van der Waals surface area contributed by atoms with Crippen LogP contribution in [-0.2, 0) is 16.1 Å². The summed E-state index contributed by atoms with van der Waals surface area (Å²) < 4.78 is 24.1. The Hall–Kier alpha value is -5.05. The molecule has 9 heteroatoms. The lowest BCUT2D eigenvalue weighted by Crippen LogP contribution is -2.40. The second kappa shape index (κ2) is 12.4. The number of hydrogen-bond donors (Lipinski definition) is 0. The number of para-hydroxylation sites is 1. The van der Waals surface area contributed by atoms with Crippen molar-refractivity contribution in [2.45, 2.75) is 19.5 Å². The molecule has 0 unspecified atom stereocenters. The molecule has 7 rings (SSSR count). The summed E-state index contributed by atoms with van der Waals surface area (Å²) in [6.07, 6.45) is 3.78. The van der Waals surface area contributed by atoms with Crippen LogP contribution in [0.1, 0.15) is 35.2 Å². The summed E-state index contributed by atoms with van der Waals surface area (Å²) in [5.74, 6) is -0.820. The minimum absolute atomic E-state index is 0.166. The van der Waals surface area contributed by atoms with Gasteiger partial charge in [-0.25, -0.2) is 14.2 Å². The van der Waals surface area contributed by atoms with Gasteiger partial charge in [-0.1, -0.05) is 102 Å². The average molecular weight is 648 g/mol. The van der Waals surface area contributed by atoms with Crippen LogP contribution in [0.15, 0.2) is 125 Å². The van der Waals surface area contributed by atoms with E-state index in [1.165, 1.54) is 17.4 Å². The number of carbonyl (C=O) groups excluding carboxylic acids is 1. The Kier molecular flexibility index (Phi) is 7.98. The molecule has 6 aromatic rings. The van der Waals surface area contributed by atoms with Crippen LogP contribution < -0.4 is 14.9 Å². The summed E-state index contributed by atoms with van der Waals surface area (Å²) in [4.78, 5) is 33.4. The van der Waals surface area contributed by atoms with E-state index >= 15 is 0 Å². The molecule has 1 aliphatic heterocycles. The monoisotopic (exact) mass is 647 g/mol. The summed E-state index contributed by atoms with van der Waals surface area (Å²) >= 11 is 7.50. The van der Waals surface area contributed by atoms with E-state index in [9.17, 15) is 14.0 Å². The Morgan fingerprint density at radius 3 is 2.46 bits per heavy atom. The first-order valence-corrected chi connectivity index (χ1v) is 16.0. The van der Waals surface area contributed by atoms with Crippen LogP contribution in [0.4, 0.5) is 4.39 Å². The number of halogens is 2. The molecule has 0 N–H and O–H groups in total. The van der Waals surface area contributed by atoms with Gasteiger partial charge in [-0.3, -0.25) is 9.36 Å². The quantitative estimate of drug-likeness (QED) is 0.181. The van der Waals surface area contributed by atoms with Crippen molar-refractivity contribution in [3.05, 3.63) is 168 Å². The molecule has 4 aromatic carbocycles. The lowest BCUT2D eigenvalue weighted by Gasteiger charge is -2.25. The van der Waals surface area contributed by atoms with Crippen molar-refractivity contribution in [1.82, 2.24) is 9.13 Å². The van der Waals surface area contributed by atoms with Gasteiger partial charge in [0.05, 0.1) is 35.0 Å². The van der Waals surface area contributed by atoms with Gasteiger partial charge in [0.2, 0.25) is 0 Å². The predicted octanol–water partition coefficient (Wildman–Crippen LogP) is 6.73. The van der Waals surface area contributed by atoms with Gasteiger partial charge >= 0.3 is 5.97 Å². The van der Waals surface area contributed by atoms with E-state index in [-0.39, 0.29) is 23.6 Å². The predicted molar refractivity (Wildman–Crippen MR) is 180 cm³/mol. The zero-order valence-electron chi connectivity index (χ0n) is 24.7. The van der Waals surface area contributed by atoms with E-state index in [1.54, 1.807) is 35.8 Å². The van der Waals surface area contributed by atoms with E-state index in [1.807, 2.05) is 89.6 Å². The van der Waals surface area contributed by atoms with Gasteiger partial charge in [0.1, 0.15) is 5.82 Å². The first-order chi connectivity index (χ1) is 22.4. The summed E-state index contributed by atoms with van der Waals surface area (Å²) in [5.41, 5.74) is 4.17. The second-order valence-corrected chi connectivity index (χ2v) is 12.2. The normalized spacial score (nSPS) is 14.8. The van der Waals surface area contributed by atoms with Crippen LogP contribution in [0.2, 0.25) is 5.02 Å². The number of benzene rings is 4. The van der Waals surface area contributed by atoms with Gasteiger partial charge in [-0.2, -0.15) is 0 Å². The standard InChI is InChI=1S/C37H27ClFN3O3S/c1-2-45-36(44)32-33(23-10-4-3-5-11-23)40-37-42(34(32)24-16-18-27(38)19-17-24)35(43)31(46-37)20-26-22-41(30-15-9-7-13-28(26)30)21-25-12-6-8-14-29(25)39/h3-20,22,34H,2,21H2,1H3/b31-20-/t34-/m0/s1. The second-order valence-electron chi connectivity index (χ2n) is 10.8. The van der Waals surface area contributed by atoms with Crippen molar-refractivity contribution >= 4 is 51.6 Å². The van der Waals surface area contributed by atoms with Crippen LogP contribution in [0.25, 0.3) is 22.7 Å². The topological polar surface area (TPSA) is 65.6 Å². The van der Waals surface area contributed by atoms with Crippen molar-refractivity contribution in [3.8, 4) is 0 Å². The highest BCUT2D eigenvalue weighted by molar-refractivity contribution is 7.07. The summed E-state index contributed by atoms with van der Waals surface area (Å²) in [5, 5.41) is 1.46. The zero-order valence-corrected chi connectivity index (χ0v) is 26.3. The Bertz CT molecular complexity index is 2320. The number of rotatable bonds is 7. The molecule has 6 nitrogen and oxygen atoms in total. The largest absolute Gasteiger partial charge is 0.463 e. The number of nitrogens with zero attached hydrogens (tertiary/aromatic N) is 3. The Morgan fingerprint density at radius 2 is 1.70 bits per heavy atom. The van der Waals surface area contributed by atoms with E-state index in [4.69, 9.17) is 21.3 Å². The van der Waals surface area contributed by atoms with E-state index in [0.29, 0.717) is 37.7 Å². The molecule has 1 atom stereocenters. The Labute approximate surface area is 272 Å². The molecule has 0 amide bonds. The van der Waals surface area contributed by atoms with Gasteiger partial charge in [0.15, 0.2) is 4.80 Å². The van der Waals surface area contributed by atoms with Gasteiger partial charge in [-0.05, 0) is 42.8 Å². The van der Waals surface area contributed by atoms with Gasteiger partial charge in [0, 0.05) is 38.8 Å². The van der Waals surface area contributed by atoms with E-state index < -0.39 is 12.0 Å². The third kappa shape index (κ3) is 5.40.